The summed E-state index contributed by atoms with van der Waals surface area (Å²) < 4.78 is 43.8. The third-order valence-corrected chi connectivity index (χ3v) is 2.85. The van der Waals surface area contributed by atoms with Crippen molar-refractivity contribution in [1.29, 1.82) is 0 Å². The zero-order valence-corrected chi connectivity index (χ0v) is 10.6. The first-order chi connectivity index (χ1) is 9.45. The molecule has 0 bridgehead atoms. The van der Waals surface area contributed by atoms with Crippen LogP contribution in [0.5, 0.6) is 5.88 Å². The highest BCUT2D eigenvalue weighted by Crippen LogP contribution is 2.37. The van der Waals surface area contributed by atoms with E-state index in [2.05, 4.69) is 4.98 Å². The molecule has 6 heteroatoms. The SMILES string of the molecule is COc1ncccc1C(O)c1ccccc1C(F)(F)F. The standard InChI is InChI=1S/C14H12F3NO2/c1-20-13-10(6-4-8-18-13)12(19)9-5-2-3-7-11(9)14(15,16)17/h2-8,12,19H,1H3. The predicted molar refractivity (Wildman–Crippen MR) is 66.3 cm³/mol. The summed E-state index contributed by atoms with van der Waals surface area (Å²) in [6.45, 7) is 0. The molecular formula is C14H12F3NO2. The van der Waals surface area contributed by atoms with Gasteiger partial charge in [0.05, 0.1) is 12.7 Å². The first kappa shape index (κ1) is 14.3. The number of hydrogen-bond acceptors (Lipinski definition) is 3. The van der Waals surface area contributed by atoms with Gasteiger partial charge in [-0.05, 0) is 23.8 Å². The molecule has 1 heterocycles. The van der Waals surface area contributed by atoms with Gasteiger partial charge in [-0.25, -0.2) is 4.98 Å². The molecule has 1 N–H and O–H groups in total. The Morgan fingerprint density at radius 2 is 1.75 bits per heavy atom. The van der Waals surface area contributed by atoms with Gasteiger partial charge in [-0.3, -0.25) is 0 Å². The molecule has 3 nitrogen and oxygen atoms in total. The molecule has 1 atom stereocenters. The van der Waals surface area contributed by atoms with Crippen molar-refractivity contribution in [3.05, 3.63) is 59.3 Å². The fourth-order valence-corrected chi connectivity index (χ4v) is 1.94. The Hall–Kier alpha value is -2.08. The molecule has 0 saturated heterocycles. The number of nitrogens with zero attached hydrogens (tertiary/aromatic N) is 1. The minimum atomic E-state index is -4.53. The van der Waals surface area contributed by atoms with Crippen molar-refractivity contribution in [2.75, 3.05) is 7.11 Å². The molecule has 1 unspecified atom stereocenters. The van der Waals surface area contributed by atoms with Gasteiger partial charge in [0, 0.05) is 11.8 Å². The Morgan fingerprint density at radius 1 is 1.10 bits per heavy atom. The second-order valence-electron chi connectivity index (χ2n) is 4.09. The summed E-state index contributed by atoms with van der Waals surface area (Å²) in [7, 11) is 1.34. The second kappa shape index (κ2) is 5.50. The molecule has 0 aliphatic heterocycles. The molecule has 0 saturated carbocycles. The van der Waals surface area contributed by atoms with Gasteiger partial charge in [0.1, 0.15) is 6.10 Å². The fraction of sp³-hybridized carbons (Fsp3) is 0.214. The number of aliphatic hydroxyl groups is 1. The molecule has 0 aliphatic rings. The lowest BCUT2D eigenvalue weighted by Crippen LogP contribution is -2.13. The van der Waals surface area contributed by atoms with E-state index in [1.807, 2.05) is 0 Å². The monoisotopic (exact) mass is 283 g/mol. The van der Waals surface area contributed by atoms with E-state index in [0.29, 0.717) is 0 Å². The summed E-state index contributed by atoms with van der Waals surface area (Å²) >= 11 is 0. The largest absolute Gasteiger partial charge is 0.481 e. The van der Waals surface area contributed by atoms with E-state index in [1.54, 1.807) is 0 Å². The van der Waals surface area contributed by atoms with Crippen molar-refractivity contribution < 1.29 is 23.0 Å². The van der Waals surface area contributed by atoms with Crippen LogP contribution in [0.4, 0.5) is 13.2 Å². The maximum atomic E-state index is 12.9. The van der Waals surface area contributed by atoms with Crippen LogP contribution in [0.2, 0.25) is 0 Å². The highest BCUT2D eigenvalue weighted by molar-refractivity contribution is 5.40. The topological polar surface area (TPSA) is 42.4 Å². The molecule has 1 aromatic carbocycles. The Labute approximate surface area is 113 Å². The van der Waals surface area contributed by atoms with Crippen LogP contribution in [0.25, 0.3) is 0 Å². The average molecular weight is 283 g/mol. The first-order valence-electron chi connectivity index (χ1n) is 5.78. The van der Waals surface area contributed by atoms with E-state index in [9.17, 15) is 18.3 Å². The number of aliphatic hydroxyl groups excluding tert-OH is 1. The lowest BCUT2D eigenvalue weighted by atomic mass is 9.97. The van der Waals surface area contributed by atoms with E-state index in [4.69, 9.17) is 4.74 Å². The van der Waals surface area contributed by atoms with Gasteiger partial charge in [0.15, 0.2) is 0 Å². The Balaban J connectivity index is 2.52. The third kappa shape index (κ3) is 2.75. The van der Waals surface area contributed by atoms with Crippen LogP contribution in [-0.2, 0) is 6.18 Å². The minimum Gasteiger partial charge on any atom is -0.481 e. The van der Waals surface area contributed by atoms with E-state index in [1.165, 1.54) is 43.6 Å². The maximum absolute atomic E-state index is 12.9. The van der Waals surface area contributed by atoms with Gasteiger partial charge in [0.25, 0.3) is 0 Å². The van der Waals surface area contributed by atoms with Crippen LogP contribution < -0.4 is 4.74 Å². The summed E-state index contributed by atoms with van der Waals surface area (Å²) in [6.07, 6.45) is -4.56. The van der Waals surface area contributed by atoms with Crippen LogP contribution in [0.15, 0.2) is 42.6 Å². The summed E-state index contributed by atoms with van der Waals surface area (Å²) in [5, 5.41) is 10.2. The molecule has 1 aromatic heterocycles. The number of benzene rings is 1. The molecule has 2 aromatic rings. The number of halogens is 3. The summed E-state index contributed by atoms with van der Waals surface area (Å²) in [5.74, 6) is 0.0944. The smallest absolute Gasteiger partial charge is 0.416 e. The summed E-state index contributed by atoms with van der Waals surface area (Å²) in [4.78, 5) is 3.87. The zero-order chi connectivity index (χ0) is 14.8. The molecule has 0 fully saturated rings. The summed E-state index contributed by atoms with van der Waals surface area (Å²) in [6, 6.07) is 7.89. The predicted octanol–water partition coefficient (Wildman–Crippen LogP) is 3.19. The van der Waals surface area contributed by atoms with E-state index < -0.39 is 17.8 Å². The molecule has 20 heavy (non-hydrogen) atoms. The third-order valence-electron chi connectivity index (χ3n) is 2.85. The molecule has 2 rings (SSSR count). The highest BCUT2D eigenvalue weighted by Gasteiger charge is 2.35. The van der Waals surface area contributed by atoms with Crippen LogP contribution >= 0.6 is 0 Å². The quantitative estimate of drug-likeness (QED) is 0.940. The normalized spacial score (nSPS) is 13.1. The zero-order valence-electron chi connectivity index (χ0n) is 10.6. The van der Waals surface area contributed by atoms with Crippen LogP contribution in [-0.4, -0.2) is 17.2 Å². The van der Waals surface area contributed by atoms with Gasteiger partial charge in [-0.1, -0.05) is 18.2 Å². The molecule has 0 aliphatic carbocycles. The number of hydrogen-bond donors (Lipinski definition) is 1. The van der Waals surface area contributed by atoms with Gasteiger partial charge in [-0.15, -0.1) is 0 Å². The van der Waals surface area contributed by atoms with Gasteiger partial charge in [-0.2, -0.15) is 13.2 Å². The summed E-state index contributed by atoms with van der Waals surface area (Å²) in [5.41, 5.74) is -0.920. The van der Waals surface area contributed by atoms with Gasteiger partial charge >= 0.3 is 6.18 Å². The van der Waals surface area contributed by atoms with Gasteiger partial charge < -0.3 is 9.84 Å². The van der Waals surface area contributed by atoms with E-state index >= 15 is 0 Å². The first-order valence-corrected chi connectivity index (χ1v) is 5.78. The Bertz CT molecular complexity index is 599. The molecule has 0 amide bonds. The van der Waals surface area contributed by atoms with Crippen molar-refractivity contribution >= 4 is 0 Å². The van der Waals surface area contributed by atoms with Crippen LogP contribution in [0.3, 0.4) is 0 Å². The lowest BCUT2D eigenvalue weighted by Gasteiger charge is -2.18. The molecule has 0 spiro atoms. The van der Waals surface area contributed by atoms with Crippen molar-refractivity contribution in [3.8, 4) is 5.88 Å². The van der Waals surface area contributed by atoms with E-state index in [0.717, 1.165) is 6.07 Å². The van der Waals surface area contributed by atoms with Crippen molar-refractivity contribution in [1.82, 2.24) is 4.98 Å². The molecule has 0 radical (unpaired) electrons. The van der Waals surface area contributed by atoms with Crippen LogP contribution in [0, 0.1) is 0 Å². The van der Waals surface area contributed by atoms with Gasteiger partial charge in [0.2, 0.25) is 5.88 Å². The Kier molecular flexibility index (Phi) is 3.94. The van der Waals surface area contributed by atoms with Crippen molar-refractivity contribution in [3.63, 3.8) is 0 Å². The number of ether oxygens (including phenoxy) is 1. The highest BCUT2D eigenvalue weighted by atomic mass is 19.4. The molecule has 106 valence electrons. The Morgan fingerprint density at radius 3 is 2.40 bits per heavy atom. The second-order valence-corrected chi connectivity index (χ2v) is 4.09. The van der Waals surface area contributed by atoms with Crippen molar-refractivity contribution in [2.24, 2.45) is 0 Å². The molecular weight excluding hydrogens is 271 g/mol. The van der Waals surface area contributed by atoms with E-state index in [-0.39, 0.29) is 17.0 Å². The number of rotatable bonds is 3. The van der Waals surface area contributed by atoms with Crippen LogP contribution in [0.1, 0.15) is 22.8 Å². The fourth-order valence-electron chi connectivity index (χ4n) is 1.94. The number of alkyl halides is 3. The minimum absolute atomic E-state index is 0.0944. The number of aromatic nitrogens is 1. The number of methoxy groups -OCH3 is 1. The lowest BCUT2D eigenvalue weighted by molar-refractivity contribution is -0.139. The van der Waals surface area contributed by atoms with Crippen molar-refractivity contribution in [2.45, 2.75) is 12.3 Å². The number of pyridine rings is 1. The maximum Gasteiger partial charge on any atom is 0.416 e. The average Bonchev–Trinajstić information content (AvgIpc) is 2.45.